The first-order valence-corrected chi connectivity index (χ1v) is 10.2. The molecule has 0 spiro atoms. The first-order valence-electron chi connectivity index (χ1n) is 10.2. The molecule has 0 radical (unpaired) electrons. The number of pyridine rings is 1. The fraction of sp³-hybridized carbons (Fsp3) is 0.476. The summed E-state index contributed by atoms with van der Waals surface area (Å²) in [4.78, 5) is 34.3. The molecule has 1 amide bonds. The number of rotatable bonds is 6. The van der Waals surface area contributed by atoms with Crippen molar-refractivity contribution in [1.29, 1.82) is 0 Å². The first-order chi connectivity index (χ1) is 14.6. The Hall–Kier alpha value is -3.07. The third-order valence-electron chi connectivity index (χ3n) is 5.69. The number of nitrogens with zero attached hydrogens (tertiary/aromatic N) is 7. The van der Waals surface area contributed by atoms with E-state index in [-0.39, 0.29) is 5.91 Å². The molecule has 1 aliphatic rings. The molecule has 158 valence electrons. The summed E-state index contributed by atoms with van der Waals surface area (Å²) < 4.78 is 7.26. The smallest absolute Gasteiger partial charge is 0.274 e. The average Bonchev–Trinajstić information content (AvgIpc) is 3.17. The quantitative estimate of drug-likeness (QED) is 0.614. The van der Waals surface area contributed by atoms with Crippen LogP contribution in [0.5, 0.6) is 0 Å². The number of hydrogen-bond donors (Lipinski definition) is 0. The number of aryl methyl sites for hydroxylation is 1. The van der Waals surface area contributed by atoms with Crippen molar-refractivity contribution in [2.75, 3.05) is 45.3 Å². The van der Waals surface area contributed by atoms with E-state index in [9.17, 15) is 4.79 Å². The van der Waals surface area contributed by atoms with Gasteiger partial charge in [-0.3, -0.25) is 9.78 Å². The van der Waals surface area contributed by atoms with E-state index in [4.69, 9.17) is 9.72 Å². The predicted octanol–water partition coefficient (Wildman–Crippen LogP) is 1.86. The number of piperidine rings is 1. The number of ether oxygens (including phenoxy) is 1. The fourth-order valence-electron chi connectivity index (χ4n) is 3.89. The minimum Gasteiger partial charge on any atom is -0.383 e. The third kappa shape index (κ3) is 3.97. The maximum absolute atomic E-state index is 12.6. The van der Waals surface area contributed by atoms with Gasteiger partial charge in [0.05, 0.1) is 24.6 Å². The van der Waals surface area contributed by atoms with Gasteiger partial charge in [0.15, 0.2) is 5.82 Å². The molecule has 0 atom stereocenters. The molecular formula is C21H27N7O2. The van der Waals surface area contributed by atoms with Crippen LogP contribution in [0.25, 0.3) is 11.0 Å². The monoisotopic (exact) mass is 409 g/mol. The fourth-order valence-corrected chi connectivity index (χ4v) is 3.89. The molecule has 4 heterocycles. The largest absolute Gasteiger partial charge is 0.383 e. The zero-order chi connectivity index (χ0) is 21.1. The maximum Gasteiger partial charge on any atom is 0.274 e. The van der Waals surface area contributed by atoms with Gasteiger partial charge in [0, 0.05) is 64.8 Å². The number of methoxy groups -OCH3 is 1. The van der Waals surface area contributed by atoms with Crippen LogP contribution in [0.4, 0.5) is 5.82 Å². The van der Waals surface area contributed by atoms with Crippen molar-refractivity contribution in [3.63, 3.8) is 0 Å². The van der Waals surface area contributed by atoms with Crippen molar-refractivity contribution < 1.29 is 9.53 Å². The molecule has 3 aromatic rings. The summed E-state index contributed by atoms with van der Waals surface area (Å²) in [7, 11) is 5.71. The Morgan fingerprint density at radius 2 is 2.07 bits per heavy atom. The lowest BCUT2D eigenvalue weighted by Crippen LogP contribution is -2.38. The molecule has 9 heteroatoms. The number of amides is 1. The molecule has 1 fully saturated rings. The van der Waals surface area contributed by atoms with Crippen LogP contribution >= 0.6 is 0 Å². The van der Waals surface area contributed by atoms with Gasteiger partial charge in [0.1, 0.15) is 11.2 Å². The second-order valence-electron chi connectivity index (χ2n) is 7.67. The summed E-state index contributed by atoms with van der Waals surface area (Å²) in [5.74, 6) is 1.11. The number of anilines is 1. The minimum atomic E-state index is -0.0587. The van der Waals surface area contributed by atoms with Crippen molar-refractivity contribution in [3.8, 4) is 0 Å². The van der Waals surface area contributed by atoms with Crippen LogP contribution < -0.4 is 4.90 Å². The molecule has 1 saturated heterocycles. The van der Waals surface area contributed by atoms with E-state index in [1.807, 2.05) is 29.9 Å². The second kappa shape index (κ2) is 8.74. The van der Waals surface area contributed by atoms with Gasteiger partial charge in [-0.2, -0.15) is 0 Å². The molecule has 0 aromatic carbocycles. The Balaban J connectivity index is 1.54. The number of fused-ring (bicyclic) bond motifs is 1. The van der Waals surface area contributed by atoms with Gasteiger partial charge in [-0.25, -0.2) is 15.0 Å². The van der Waals surface area contributed by atoms with Crippen LogP contribution in [-0.4, -0.2) is 75.7 Å². The van der Waals surface area contributed by atoms with E-state index >= 15 is 0 Å². The Bertz CT molecular complexity index is 1010. The molecular weight excluding hydrogens is 382 g/mol. The Labute approximate surface area is 175 Å². The summed E-state index contributed by atoms with van der Waals surface area (Å²) in [5, 5.41) is 0. The number of carbonyl (C=O) groups is 1. The molecule has 3 aromatic heterocycles. The summed E-state index contributed by atoms with van der Waals surface area (Å²) in [6.45, 7) is 2.73. The molecule has 0 unspecified atom stereocenters. The van der Waals surface area contributed by atoms with Crippen molar-refractivity contribution in [1.82, 2.24) is 29.4 Å². The maximum atomic E-state index is 12.6. The SMILES string of the molecule is COCCN(C)c1nc(C2CCN(C(=O)c3cnccn3)CC2)cc2c1ncn2C. The number of imidazole rings is 1. The van der Waals surface area contributed by atoms with Crippen LogP contribution in [0, 0.1) is 0 Å². The summed E-state index contributed by atoms with van der Waals surface area (Å²) >= 11 is 0. The lowest BCUT2D eigenvalue weighted by molar-refractivity contribution is 0.0705. The van der Waals surface area contributed by atoms with Crippen molar-refractivity contribution in [3.05, 3.63) is 42.4 Å². The third-order valence-corrected chi connectivity index (χ3v) is 5.69. The highest BCUT2D eigenvalue weighted by Crippen LogP contribution is 2.32. The standard InChI is InChI=1S/C21H27N7O2/c1-26(10-11-30-3)20-19-18(27(2)14-24-19)12-16(25-20)15-4-8-28(9-5-15)21(29)17-13-22-6-7-23-17/h6-7,12-15H,4-5,8-11H2,1-3H3. The highest BCUT2D eigenvalue weighted by molar-refractivity contribution is 5.92. The van der Waals surface area contributed by atoms with Gasteiger partial charge in [-0.05, 0) is 18.9 Å². The molecule has 9 nitrogen and oxygen atoms in total. The van der Waals surface area contributed by atoms with Gasteiger partial charge >= 0.3 is 0 Å². The average molecular weight is 409 g/mol. The first kappa shape index (κ1) is 20.2. The van der Waals surface area contributed by atoms with Crippen molar-refractivity contribution >= 4 is 22.8 Å². The lowest BCUT2D eigenvalue weighted by Gasteiger charge is -2.32. The number of aromatic nitrogens is 5. The number of likely N-dealkylation sites (N-methyl/N-ethyl adjacent to an activating group) is 1. The number of carbonyl (C=O) groups excluding carboxylic acids is 1. The number of likely N-dealkylation sites (tertiary alicyclic amines) is 1. The zero-order valence-electron chi connectivity index (χ0n) is 17.7. The van der Waals surface area contributed by atoms with E-state index in [0.29, 0.717) is 31.3 Å². The van der Waals surface area contributed by atoms with Crippen LogP contribution in [0.2, 0.25) is 0 Å². The Morgan fingerprint density at radius 1 is 1.27 bits per heavy atom. The van der Waals surface area contributed by atoms with Gasteiger partial charge < -0.3 is 19.1 Å². The van der Waals surface area contributed by atoms with E-state index in [2.05, 4.69) is 25.9 Å². The van der Waals surface area contributed by atoms with E-state index in [1.165, 1.54) is 6.20 Å². The van der Waals surface area contributed by atoms with Gasteiger partial charge in [0.2, 0.25) is 0 Å². The number of hydrogen-bond acceptors (Lipinski definition) is 7. The van der Waals surface area contributed by atoms with Crippen LogP contribution in [0.15, 0.2) is 31.0 Å². The van der Waals surface area contributed by atoms with Gasteiger partial charge in [-0.1, -0.05) is 0 Å². The Kier molecular flexibility index (Phi) is 5.89. The van der Waals surface area contributed by atoms with Crippen LogP contribution in [-0.2, 0) is 11.8 Å². The summed E-state index contributed by atoms with van der Waals surface area (Å²) in [6, 6.07) is 2.14. The molecule has 0 bridgehead atoms. The second-order valence-corrected chi connectivity index (χ2v) is 7.67. The van der Waals surface area contributed by atoms with Gasteiger partial charge in [-0.15, -0.1) is 0 Å². The van der Waals surface area contributed by atoms with E-state index < -0.39 is 0 Å². The van der Waals surface area contributed by atoms with Crippen molar-refractivity contribution in [2.45, 2.75) is 18.8 Å². The summed E-state index contributed by atoms with van der Waals surface area (Å²) in [6.07, 6.45) is 8.20. The highest BCUT2D eigenvalue weighted by Gasteiger charge is 2.27. The molecule has 1 aliphatic heterocycles. The molecule has 0 N–H and O–H groups in total. The van der Waals surface area contributed by atoms with Crippen molar-refractivity contribution in [2.24, 2.45) is 7.05 Å². The topological polar surface area (TPSA) is 89.3 Å². The van der Waals surface area contributed by atoms with Gasteiger partial charge in [0.25, 0.3) is 5.91 Å². The zero-order valence-corrected chi connectivity index (χ0v) is 17.7. The summed E-state index contributed by atoms with van der Waals surface area (Å²) in [5.41, 5.74) is 3.41. The van der Waals surface area contributed by atoms with Crippen LogP contribution in [0.1, 0.15) is 34.9 Å². The molecule has 30 heavy (non-hydrogen) atoms. The van der Waals surface area contributed by atoms with E-state index in [1.54, 1.807) is 19.5 Å². The van der Waals surface area contributed by atoms with Crippen LogP contribution in [0.3, 0.4) is 0 Å². The lowest BCUT2D eigenvalue weighted by atomic mass is 9.92. The minimum absolute atomic E-state index is 0.0587. The highest BCUT2D eigenvalue weighted by atomic mass is 16.5. The predicted molar refractivity (Wildman–Crippen MR) is 114 cm³/mol. The Morgan fingerprint density at radius 3 is 2.77 bits per heavy atom. The van der Waals surface area contributed by atoms with E-state index in [0.717, 1.165) is 41.9 Å². The molecule has 4 rings (SSSR count). The normalized spacial score (nSPS) is 15.0. The molecule has 0 aliphatic carbocycles. The molecule has 0 saturated carbocycles.